The van der Waals surface area contributed by atoms with Gasteiger partial charge in [0.15, 0.2) is 0 Å². The summed E-state index contributed by atoms with van der Waals surface area (Å²) in [7, 11) is 0. The van der Waals surface area contributed by atoms with E-state index < -0.39 is 11.8 Å². The zero-order valence-electron chi connectivity index (χ0n) is 22.3. The minimum absolute atomic E-state index is 0.00868. The fourth-order valence-electron chi connectivity index (χ4n) is 6.14. The van der Waals surface area contributed by atoms with Crippen molar-refractivity contribution < 1.29 is 28.2 Å². The summed E-state index contributed by atoms with van der Waals surface area (Å²) in [5.41, 5.74) is 2.69. The van der Waals surface area contributed by atoms with Crippen LogP contribution in [0.5, 0.6) is 5.88 Å². The van der Waals surface area contributed by atoms with E-state index in [1.54, 1.807) is 18.2 Å². The van der Waals surface area contributed by atoms with Crippen LogP contribution in [0.15, 0.2) is 46.9 Å². The summed E-state index contributed by atoms with van der Waals surface area (Å²) in [6, 6.07) is 13.5. The van der Waals surface area contributed by atoms with Gasteiger partial charge in [0, 0.05) is 36.3 Å². The van der Waals surface area contributed by atoms with Gasteiger partial charge in [-0.25, -0.2) is 19.2 Å². The molecule has 7 rings (SSSR count). The van der Waals surface area contributed by atoms with Crippen molar-refractivity contribution >= 4 is 17.2 Å². The number of halogens is 1. The summed E-state index contributed by atoms with van der Waals surface area (Å²) in [5.74, 6) is 0.0694. The molecular formula is C30H28FN5O5. The molecule has 1 unspecified atom stereocenters. The molecule has 0 bridgehead atoms. The van der Waals surface area contributed by atoms with E-state index in [0.29, 0.717) is 41.7 Å². The monoisotopic (exact) mass is 557 g/mol. The third-order valence-electron chi connectivity index (χ3n) is 8.63. The van der Waals surface area contributed by atoms with Gasteiger partial charge in [-0.05, 0) is 49.9 Å². The molecule has 10 nitrogen and oxygen atoms in total. The molecule has 3 atom stereocenters. The highest BCUT2D eigenvalue weighted by Gasteiger charge is 2.58. The average molecular weight is 558 g/mol. The van der Waals surface area contributed by atoms with Gasteiger partial charge in [0.1, 0.15) is 23.8 Å². The molecule has 0 spiro atoms. The minimum atomic E-state index is -1.11. The Morgan fingerprint density at radius 1 is 1.27 bits per heavy atom. The van der Waals surface area contributed by atoms with Crippen LogP contribution in [0.4, 0.5) is 4.39 Å². The number of furan rings is 1. The number of imidazole rings is 1. The summed E-state index contributed by atoms with van der Waals surface area (Å²) < 4.78 is 33.4. The number of aromatic nitrogens is 3. The summed E-state index contributed by atoms with van der Waals surface area (Å²) in [5, 5.41) is 18.3. The molecule has 1 saturated carbocycles. The van der Waals surface area contributed by atoms with Crippen LogP contribution in [0, 0.1) is 23.1 Å². The normalized spacial score (nSPS) is 23.5. The first kappa shape index (κ1) is 25.7. The molecule has 3 aromatic heterocycles. The van der Waals surface area contributed by atoms with Crippen molar-refractivity contribution in [1.82, 2.24) is 19.4 Å². The van der Waals surface area contributed by atoms with Crippen LogP contribution in [0.1, 0.15) is 52.5 Å². The molecule has 5 heterocycles. The van der Waals surface area contributed by atoms with Gasteiger partial charge in [-0.3, -0.25) is 9.47 Å². The van der Waals surface area contributed by atoms with Gasteiger partial charge in [0.25, 0.3) is 0 Å². The quantitative estimate of drug-likeness (QED) is 0.321. The maximum absolute atomic E-state index is 14.3. The number of hydrogen-bond acceptors (Lipinski definition) is 8. The number of rotatable bonds is 9. The van der Waals surface area contributed by atoms with E-state index in [1.807, 2.05) is 22.8 Å². The fraction of sp³-hybridized carbons (Fsp3) is 0.400. The third-order valence-corrected chi connectivity index (χ3v) is 8.63. The topological polar surface area (TPSA) is 127 Å². The molecule has 1 aromatic carbocycles. The maximum atomic E-state index is 14.3. The summed E-state index contributed by atoms with van der Waals surface area (Å²) in [6.45, 7) is 3.76. The Morgan fingerprint density at radius 3 is 2.88 bits per heavy atom. The van der Waals surface area contributed by atoms with Gasteiger partial charge in [0.2, 0.25) is 17.4 Å². The number of fused-ring (bicyclic) bond motifs is 2. The number of carbonyl (C=O) groups is 1. The third kappa shape index (κ3) is 4.73. The van der Waals surface area contributed by atoms with Crippen LogP contribution in [0.3, 0.4) is 0 Å². The molecular weight excluding hydrogens is 529 g/mol. The number of likely N-dealkylation sites (tertiary alicyclic amines) is 1. The number of ether oxygens (including phenoxy) is 2. The highest BCUT2D eigenvalue weighted by Crippen LogP contribution is 2.59. The Labute approximate surface area is 234 Å². The first-order chi connectivity index (χ1) is 19.9. The molecule has 3 aliphatic rings. The van der Waals surface area contributed by atoms with E-state index >= 15 is 0 Å². The number of carboxylic acids is 1. The van der Waals surface area contributed by atoms with Crippen molar-refractivity contribution in [2.75, 3.05) is 19.7 Å². The number of aromatic carboxylic acids is 1. The second-order valence-corrected chi connectivity index (χ2v) is 11.1. The number of hydrogen-bond donors (Lipinski definition) is 1. The number of nitriles is 1. The number of carboxylic acid groups (broad SMARTS) is 1. The average Bonchev–Trinajstić information content (AvgIpc) is 3.40. The van der Waals surface area contributed by atoms with Crippen molar-refractivity contribution in [1.29, 1.82) is 5.26 Å². The van der Waals surface area contributed by atoms with Crippen molar-refractivity contribution in [3.05, 3.63) is 76.7 Å². The van der Waals surface area contributed by atoms with E-state index in [-0.39, 0.29) is 29.4 Å². The van der Waals surface area contributed by atoms with Gasteiger partial charge < -0.3 is 19.0 Å². The fourth-order valence-corrected chi connectivity index (χ4v) is 6.14. The van der Waals surface area contributed by atoms with Crippen LogP contribution >= 0.6 is 0 Å². The van der Waals surface area contributed by atoms with Crippen LogP contribution in [-0.4, -0.2) is 56.3 Å². The van der Waals surface area contributed by atoms with Gasteiger partial charge in [-0.1, -0.05) is 12.1 Å². The van der Waals surface area contributed by atoms with Crippen molar-refractivity contribution in [3.63, 3.8) is 0 Å². The number of pyridine rings is 1. The van der Waals surface area contributed by atoms with Crippen LogP contribution in [0.2, 0.25) is 0 Å². The van der Waals surface area contributed by atoms with E-state index in [0.717, 1.165) is 50.5 Å². The Hall–Kier alpha value is -4.27. The number of benzene rings is 1. The van der Waals surface area contributed by atoms with Gasteiger partial charge in [-0.15, -0.1) is 0 Å². The summed E-state index contributed by atoms with van der Waals surface area (Å²) in [6.07, 6.45) is 3.03. The molecule has 1 N–H and O–H groups in total. The maximum Gasteiger partial charge on any atom is 0.371 e. The highest BCUT2D eigenvalue weighted by atomic mass is 19.1. The lowest BCUT2D eigenvalue weighted by atomic mass is 9.91. The predicted molar refractivity (Wildman–Crippen MR) is 143 cm³/mol. The van der Waals surface area contributed by atoms with Crippen molar-refractivity contribution in [3.8, 4) is 11.9 Å². The number of piperidine rings is 1. The lowest BCUT2D eigenvalue weighted by Crippen LogP contribution is -2.37. The molecule has 4 aromatic rings. The standard InChI is InChI=1S/C30H28FN5O5/c31-22-10-18(13-32)4-5-19(22)17-40-27-3-1-2-25(34-27)30-7-8-35(14-20(30)12-30)16-26-33-23-11-24(29(37)38)41-28(23)36(26)15-21-6-9-39-21/h1-5,10-11,20-21H,6-9,12,14-17H2,(H,37,38)/t20-,21?,30+/m0/s1. The SMILES string of the molecule is N#Cc1ccc(COc2cccc([C@@]34CCN(Cc5nc6cc(C(=O)O)oc6n5CC5CCO5)C[C@@H]3C4)n2)c(F)c1. The minimum Gasteiger partial charge on any atom is -0.475 e. The van der Waals surface area contributed by atoms with Gasteiger partial charge in [0.05, 0.1) is 36.5 Å². The van der Waals surface area contributed by atoms with Gasteiger partial charge >= 0.3 is 5.97 Å². The largest absolute Gasteiger partial charge is 0.475 e. The first-order valence-electron chi connectivity index (χ1n) is 13.8. The van der Waals surface area contributed by atoms with Gasteiger partial charge in [-0.2, -0.15) is 5.26 Å². The van der Waals surface area contributed by atoms with Crippen LogP contribution < -0.4 is 4.74 Å². The van der Waals surface area contributed by atoms with E-state index in [9.17, 15) is 14.3 Å². The zero-order valence-corrected chi connectivity index (χ0v) is 22.3. The predicted octanol–water partition coefficient (Wildman–Crippen LogP) is 4.26. The molecule has 2 saturated heterocycles. The Morgan fingerprint density at radius 2 is 2.15 bits per heavy atom. The van der Waals surface area contributed by atoms with E-state index in [4.69, 9.17) is 29.1 Å². The summed E-state index contributed by atoms with van der Waals surface area (Å²) in [4.78, 5) is 23.3. The molecule has 0 radical (unpaired) electrons. The molecule has 2 aliphatic heterocycles. The number of nitrogens with zero attached hydrogens (tertiary/aromatic N) is 5. The second-order valence-electron chi connectivity index (χ2n) is 11.1. The Balaban J connectivity index is 1.03. The molecule has 41 heavy (non-hydrogen) atoms. The van der Waals surface area contributed by atoms with E-state index in [1.165, 1.54) is 12.1 Å². The van der Waals surface area contributed by atoms with Crippen LogP contribution in [0.25, 0.3) is 11.2 Å². The molecule has 210 valence electrons. The highest BCUT2D eigenvalue weighted by molar-refractivity contribution is 5.89. The Bertz CT molecular complexity index is 1690. The van der Waals surface area contributed by atoms with Crippen molar-refractivity contribution in [2.45, 2.75) is 50.5 Å². The lowest BCUT2D eigenvalue weighted by molar-refractivity contribution is -0.0595. The Kier molecular flexibility index (Phi) is 6.25. The molecule has 1 aliphatic carbocycles. The zero-order chi connectivity index (χ0) is 28.1. The molecule has 11 heteroatoms. The van der Waals surface area contributed by atoms with Crippen molar-refractivity contribution in [2.24, 2.45) is 5.92 Å². The summed E-state index contributed by atoms with van der Waals surface area (Å²) >= 11 is 0. The molecule has 3 fully saturated rings. The second kappa shape index (κ2) is 9.98. The van der Waals surface area contributed by atoms with E-state index in [2.05, 4.69) is 4.90 Å². The van der Waals surface area contributed by atoms with Crippen LogP contribution in [-0.2, 0) is 29.8 Å². The molecule has 0 amide bonds. The first-order valence-corrected chi connectivity index (χ1v) is 13.8. The lowest BCUT2D eigenvalue weighted by Gasteiger charge is -2.32. The smallest absolute Gasteiger partial charge is 0.371 e.